The number of hydrogen-bond donors (Lipinski definition) is 1. The minimum Gasteiger partial charge on any atom is -0.493 e. The number of ether oxygens (including phenoxy) is 1. The van der Waals surface area contributed by atoms with E-state index in [0.717, 1.165) is 64.1 Å². The summed E-state index contributed by atoms with van der Waals surface area (Å²) in [6.45, 7) is 4.02. The minimum absolute atomic E-state index is 0.332. The van der Waals surface area contributed by atoms with Crippen LogP contribution in [0.1, 0.15) is 36.8 Å². The molecule has 1 atom stereocenters. The van der Waals surface area contributed by atoms with Crippen LogP contribution in [0.15, 0.2) is 18.2 Å². The van der Waals surface area contributed by atoms with Gasteiger partial charge in [0.15, 0.2) is 0 Å². The van der Waals surface area contributed by atoms with E-state index in [1.165, 1.54) is 11.1 Å². The van der Waals surface area contributed by atoms with Crippen LogP contribution in [-0.2, 0) is 17.6 Å². The second-order valence-electron chi connectivity index (χ2n) is 6.53. The van der Waals surface area contributed by atoms with Gasteiger partial charge in [0.05, 0.1) is 6.61 Å². The van der Waals surface area contributed by atoms with E-state index >= 15 is 0 Å². The van der Waals surface area contributed by atoms with Gasteiger partial charge in [0.1, 0.15) is 5.75 Å². The normalized spacial score (nSPS) is 21.9. The first-order valence-electron chi connectivity index (χ1n) is 8.39. The molecule has 2 aliphatic rings. The van der Waals surface area contributed by atoms with Crippen molar-refractivity contribution >= 4 is 5.97 Å². The molecule has 2 aliphatic heterocycles. The molecule has 22 heavy (non-hydrogen) atoms. The van der Waals surface area contributed by atoms with Crippen molar-refractivity contribution in [2.45, 2.75) is 38.5 Å². The van der Waals surface area contributed by atoms with Gasteiger partial charge in [-0.1, -0.05) is 12.1 Å². The molecular weight excluding hydrogens is 278 g/mol. The van der Waals surface area contributed by atoms with Gasteiger partial charge in [-0.25, -0.2) is 0 Å². The fourth-order valence-electron chi connectivity index (χ4n) is 3.58. The molecule has 4 heteroatoms. The fourth-order valence-corrected chi connectivity index (χ4v) is 3.58. The third-order valence-corrected chi connectivity index (χ3v) is 4.87. The summed E-state index contributed by atoms with van der Waals surface area (Å²) in [5.74, 6) is 0.758. The zero-order chi connectivity index (χ0) is 15.4. The first kappa shape index (κ1) is 15.3. The van der Waals surface area contributed by atoms with Gasteiger partial charge in [0, 0.05) is 19.4 Å². The highest BCUT2D eigenvalue weighted by Crippen LogP contribution is 2.26. The Bertz CT molecular complexity index is 529. The van der Waals surface area contributed by atoms with Crippen molar-refractivity contribution in [1.29, 1.82) is 0 Å². The summed E-state index contributed by atoms with van der Waals surface area (Å²) in [5, 5.41) is 8.93. The van der Waals surface area contributed by atoms with E-state index in [4.69, 9.17) is 9.84 Å². The maximum atomic E-state index is 10.8. The Labute approximate surface area is 132 Å². The molecule has 1 fully saturated rings. The van der Waals surface area contributed by atoms with E-state index in [1.807, 2.05) is 0 Å². The number of likely N-dealkylation sites (tertiary alicyclic amines) is 1. The Morgan fingerprint density at radius 1 is 1.32 bits per heavy atom. The fraction of sp³-hybridized carbons (Fsp3) is 0.611. The maximum absolute atomic E-state index is 10.8. The van der Waals surface area contributed by atoms with Crippen molar-refractivity contribution in [3.05, 3.63) is 29.3 Å². The van der Waals surface area contributed by atoms with Gasteiger partial charge >= 0.3 is 5.97 Å². The molecule has 1 aromatic carbocycles. The lowest BCUT2D eigenvalue weighted by molar-refractivity contribution is -0.138. The predicted octanol–water partition coefficient (Wildman–Crippen LogP) is 2.74. The van der Waals surface area contributed by atoms with Crippen LogP contribution < -0.4 is 4.74 Å². The second kappa shape index (κ2) is 7.14. The summed E-state index contributed by atoms with van der Waals surface area (Å²) in [7, 11) is 0. The highest BCUT2D eigenvalue weighted by atomic mass is 16.5. The first-order valence-corrected chi connectivity index (χ1v) is 8.39. The van der Waals surface area contributed by atoms with E-state index in [1.54, 1.807) is 0 Å². The summed E-state index contributed by atoms with van der Waals surface area (Å²) >= 11 is 0. The molecule has 0 bridgehead atoms. The number of rotatable bonds is 5. The maximum Gasteiger partial charge on any atom is 0.303 e. The van der Waals surface area contributed by atoms with Crippen molar-refractivity contribution in [3.63, 3.8) is 0 Å². The molecule has 0 aromatic heterocycles. The average molecular weight is 303 g/mol. The number of benzene rings is 1. The molecule has 120 valence electrons. The highest BCUT2D eigenvalue weighted by Gasteiger charge is 2.19. The molecular formula is C18H25NO3. The summed E-state index contributed by atoms with van der Waals surface area (Å²) in [6, 6.07) is 6.56. The Morgan fingerprint density at radius 2 is 2.23 bits per heavy atom. The molecule has 0 radical (unpaired) electrons. The SMILES string of the molecule is O=C(O)C[C@@H]1CCCN(CCc2ccc3c(c2)CCO3)CC1. The topological polar surface area (TPSA) is 49.8 Å². The van der Waals surface area contributed by atoms with Crippen LogP contribution in [0.2, 0.25) is 0 Å². The number of nitrogens with zero attached hydrogens (tertiary/aromatic N) is 1. The van der Waals surface area contributed by atoms with Crippen LogP contribution in [0.4, 0.5) is 0 Å². The number of hydrogen-bond acceptors (Lipinski definition) is 3. The van der Waals surface area contributed by atoms with Crippen molar-refractivity contribution in [2.75, 3.05) is 26.2 Å². The number of fused-ring (bicyclic) bond motifs is 1. The smallest absolute Gasteiger partial charge is 0.303 e. The Kier molecular flexibility index (Phi) is 4.98. The standard InChI is InChI=1S/C18H25NO3/c20-18(21)13-14-2-1-8-19(9-5-14)10-6-15-3-4-17-16(12-15)7-11-22-17/h3-4,12,14H,1-2,5-11,13H2,(H,20,21)/t14-/m1/s1. The monoisotopic (exact) mass is 303 g/mol. The molecule has 1 saturated heterocycles. The summed E-state index contributed by atoms with van der Waals surface area (Å²) in [5.41, 5.74) is 2.73. The van der Waals surface area contributed by atoms with Crippen LogP contribution in [0, 0.1) is 5.92 Å². The molecule has 1 aromatic rings. The number of carboxylic acids is 1. The number of carbonyl (C=O) groups is 1. The largest absolute Gasteiger partial charge is 0.493 e. The lowest BCUT2D eigenvalue weighted by atomic mass is 9.97. The molecule has 0 aliphatic carbocycles. The van der Waals surface area contributed by atoms with Gasteiger partial charge in [-0.05, 0) is 61.9 Å². The molecule has 0 saturated carbocycles. The summed E-state index contributed by atoms with van der Waals surface area (Å²) in [4.78, 5) is 13.3. The molecule has 2 heterocycles. The minimum atomic E-state index is -0.654. The second-order valence-corrected chi connectivity index (χ2v) is 6.53. The molecule has 1 N–H and O–H groups in total. The van der Waals surface area contributed by atoms with Gasteiger partial charge in [-0.3, -0.25) is 4.79 Å². The van der Waals surface area contributed by atoms with Crippen LogP contribution in [-0.4, -0.2) is 42.2 Å². The third kappa shape index (κ3) is 4.01. The van der Waals surface area contributed by atoms with E-state index in [0.29, 0.717) is 12.3 Å². The number of aliphatic carboxylic acids is 1. The van der Waals surface area contributed by atoms with Crippen LogP contribution in [0.5, 0.6) is 5.75 Å². The van der Waals surface area contributed by atoms with E-state index in [-0.39, 0.29) is 0 Å². The van der Waals surface area contributed by atoms with Crippen LogP contribution in [0.25, 0.3) is 0 Å². The quantitative estimate of drug-likeness (QED) is 0.908. The van der Waals surface area contributed by atoms with Gasteiger partial charge in [0.2, 0.25) is 0 Å². The third-order valence-electron chi connectivity index (χ3n) is 4.87. The average Bonchev–Trinajstić information content (AvgIpc) is 2.85. The van der Waals surface area contributed by atoms with E-state index in [2.05, 4.69) is 23.1 Å². The lowest BCUT2D eigenvalue weighted by Crippen LogP contribution is -2.27. The number of carboxylic acid groups (broad SMARTS) is 1. The highest BCUT2D eigenvalue weighted by molar-refractivity contribution is 5.67. The molecule has 0 spiro atoms. The van der Waals surface area contributed by atoms with Gasteiger partial charge in [-0.2, -0.15) is 0 Å². The first-order chi connectivity index (χ1) is 10.7. The Morgan fingerprint density at radius 3 is 3.09 bits per heavy atom. The summed E-state index contributed by atoms with van der Waals surface area (Å²) in [6.07, 6.45) is 5.62. The van der Waals surface area contributed by atoms with Crippen LogP contribution >= 0.6 is 0 Å². The predicted molar refractivity (Wildman–Crippen MR) is 85.4 cm³/mol. The van der Waals surface area contributed by atoms with E-state index in [9.17, 15) is 4.79 Å². The van der Waals surface area contributed by atoms with E-state index < -0.39 is 5.97 Å². The molecule has 0 unspecified atom stereocenters. The zero-order valence-corrected chi connectivity index (χ0v) is 13.1. The van der Waals surface area contributed by atoms with Gasteiger partial charge in [-0.15, -0.1) is 0 Å². The van der Waals surface area contributed by atoms with Gasteiger partial charge in [0.25, 0.3) is 0 Å². The van der Waals surface area contributed by atoms with Crippen molar-refractivity contribution in [2.24, 2.45) is 5.92 Å². The Balaban J connectivity index is 1.48. The van der Waals surface area contributed by atoms with Crippen molar-refractivity contribution in [1.82, 2.24) is 4.90 Å². The zero-order valence-electron chi connectivity index (χ0n) is 13.1. The van der Waals surface area contributed by atoms with Gasteiger partial charge < -0.3 is 14.7 Å². The molecule has 0 amide bonds. The summed E-state index contributed by atoms with van der Waals surface area (Å²) < 4.78 is 5.55. The van der Waals surface area contributed by atoms with Crippen molar-refractivity contribution in [3.8, 4) is 5.75 Å². The van der Waals surface area contributed by atoms with Crippen LogP contribution in [0.3, 0.4) is 0 Å². The molecule has 4 nitrogen and oxygen atoms in total. The van der Waals surface area contributed by atoms with Crippen molar-refractivity contribution < 1.29 is 14.6 Å². The lowest BCUT2D eigenvalue weighted by Gasteiger charge is -2.20. The molecule has 3 rings (SSSR count). The Hall–Kier alpha value is -1.55.